The van der Waals surface area contributed by atoms with Crippen molar-refractivity contribution < 1.29 is 9.59 Å². The molecule has 104 valence electrons. The van der Waals surface area contributed by atoms with E-state index in [1.807, 2.05) is 0 Å². The monoisotopic (exact) mass is 255 g/mol. The second kappa shape index (κ2) is 7.36. The Balaban J connectivity index is 2.22. The fraction of sp³-hybridized carbons (Fsp3) is 0.846. The molecule has 1 heterocycles. The maximum Gasteiger partial charge on any atom is 0.244 e. The van der Waals surface area contributed by atoms with Gasteiger partial charge in [-0.25, -0.2) is 0 Å². The molecule has 1 saturated heterocycles. The van der Waals surface area contributed by atoms with Gasteiger partial charge in [0.1, 0.15) is 6.04 Å². The van der Waals surface area contributed by atoms with Crippen LogP contribution < -0.4 is 10.6 Å². The normalized spacial score (nSPS) is 18.2. The molecule has 0 bridgehead atoms. The van der Waals surface area contributed by atoms with Gasteiger partial charge in [-0.15, -0.1) is 0 Å². The van der Waals surface area contributed by atoms with Gasteiger partial charge in [0.05, 0.1) is 0 Å². The van der Waals surface area contributed by atoms with E-state index < -0.39 is 6.04 Å². The SMILES string of the molecule is CC(NC(=O)CCC1CCNCC1)C(=O)N(C)C. The van der Waals surface area contributed by atoms with Gasteiger partial charge in [-0.2, -0.15) is 0 Å². The van der Waals surface area contributed by atoms with Crippen molar-refractivity contribution in [1.82, 2.24) is 15.5 Å². The van der Waals surface area contributed by atoms with E-state index in [-0.39, 0.29) is 11.8 Å². The number of hydrogen-bond acceptors (Lipinski definition) is 3. The zero-order valence-electron chi connectivity index (χ0n) is 11.7. The Bertz CT molecular complexity index is 286. The van der Waals surface area contributed by atoms with Gasteiger partial charge >= 0.3 is 0 Å². The molecule has 2 amide bonds. The molecule has 18 heavy (non-hydrogen) atoms. The van der Waals surface area contributed by atoms with Crippen LogP contribution in [0.3, 0.4) is 0 Å². The molecule has 1 aliphatic heterocycles. The highest BCUT2D eigenvalue weighted by Crippen LogP contribution is 2.17. The van der Waals surface area contributed by atoms with Gasteiger partial charge in [-0.3, -0.25) is 9.59 Å². The van der Waals surface area contributed by atoms with Crippen molar-refractivity contribution in [1.29, 1.82) is 0 Å². The first kappa shape index (κ1) is 15.0. The lowest BCUT2D eigenvalue weighted by molar-refractivity contribution is -0.134. The third-order valence-corrected chi connectivity index (χ3v) is 3.43. The predicted molar refractivity (Wildman–Crippen MR) is 71.1 cm³/mol. The number of nitrogens with one attached hydrogen (secondary N) is 2. The molecule has 1 rings (SSSR count). The molecule has 0 radical (unpaired) electrons. The number of amides is 2. The molecule has 1 unspecified atom stereocenters. The highest BCUT2D eigenvalue weighted by molar-refractivity contribution is 5.86. The molecule has 0 aliphatic carbocycles. The van der Waals surface area contributed by atoms with Gasteiger partial charge < -0.3 is 15.5 Å². The Morgan fingerprint density at radius 1 is 1.33 bits per heavy atom. The van der Waals surface area contributed by atoms with Crippen molar-refractivity contribution >= 4 is 11.8 Å². The zero-order chi connectivity index (χ0) is 13.5. The van der Waals surface area contributed by atoms with E-state index in [1.165, 1.54) is 4.90 Å². The van der Waals surface area contributed by atoms with Gasteiger partial charge in [0, 0.05) is 20.5 Å². The summed E-state index contributed by atoms with van der Waals surface area (Å²) in [7, 11) is 3.39. The summed E-state index contributed by atoms with van der Waals surface area (Å²) in [5.74, 6) is 0.568. The Labute approximate surface area is 109 Å². The molecule has 2 N–H and O–H groups in total. The van der Waals surface area contributed by atoms with Crippen molar-refractivity contribution in [3.63, 3.8) is 0 Å². The summed E-state index contributed by atoms with van der Waals surface area (Å²) in [5, 5.41) is 6.07. The van der Waals surface area contributed by atoms with Crippen LogP contribution in [0, 0.1) is 5.92 Å². The van der Waals surface area contributed by atoms with Gasteiger partial charge in [0.25, 0.3) is 0 Å². The van der Waals surface area contributed by atoms with Crippen LogP contribution in [-0.2, 0) is 9.59 Å². The molecule has 0 saturated carbocycles. The number of likely N-dealkylation sites (N-methyl/N-ethyl adjacent to an activating group) is 1. The quantitative estimate of drug-likeness (QED) is 0.745. The van der Waals surface area contributed by atoms with E-state index >= 15 is 0 Å². The van der Waals surface area contributed by atoms with E-state index in [1.54, 1.807) is 21.0 Å². The topological polar surface area (TPSA) is 61.4 Å². The average molecular weight is 255 g/mol. The lowest BCUT2D eigenvalue weighted by Gasteiger charge is -2.23. The smallest absolute Gasteiger partial charge is 0.244 e. The van der Waals surface area contributed by atoms with Gasteiger partial charge in [0.15, 0.2) is 0 Å². The van der Waals surface area contributed by atoms with Crippen LogP contribution in [0.1, 0.15) is 32.6 Å². The van der Waals surface area contributed by atoms with Gasteiger partial charge in [-0.1, -0.05) is 0 Å². The van der Waals surface area contributed by atoms with Crippen LogP contribution in [0.25, 0.3) is 0 Å². The number of hydrogen-bond donors (Lipinski definition) is 2. The molecule has 1 fully saturated rings. The Kier molecular flexibility index (Phi) is 6.12. The first-order valence-electron chi connectivity index (χ1n) is 6.72. The summed E-state index contributed by atoms with van der Waals surface area (Å²) < 4.78 is 0. The largest absolute Gasteiger partial charge is 0.347 e. The zero-order valence-corrected chi connectivity index (χ0v) is 11.7. The van der Waals surface area contributed by atoms with Crippen molar-refractivity contribution in [3.8, 4) is 0 Å². The van der Waals surface area contributed by atoms with E-state index in [9.17, 15) is 9.59 Å². The van der Waals surface area contributed by atoms with Crippen LogP contribution in [0.2, 0.25) is 0 Å². The van der Waals surface area contributed by atoms with E-state index in [2.05, 4.69) is 10.6 Å². The minimum absolute atomic E-state index is 0.0174. The number of rotatable bonds is 5. The lowest BCUT2D eigenvalue weighted by Crippen LogP contribution is -2.44. The van der Waals surface area contributed by atoms with Crippen molar-refractivity contribution in [2.45, 2.75) is 38.6 Å². The summed E-state index contributed by atoms with van der Waals surface area (Å²) in [6.45, 7) is 3.84. The van der Waals surface area contributed by atoms with Crippen LogP contribution in [-0.4, -0.2) is 49.9 Å². The van der Waals surface area contributed by atoms with Gasteiger partial charge in [-0.05, 0) is 45.2 Å². The summed E-state index contributed by atoms with van der Waals surface area (Å²) in [5.41, 5.74) is 0. The number of piperidine rings is 1. The van der Waals surface area contributed by atoms with E-state index in [0.717, 1.165) is 32.4 Å². The molecule has 5 heteroatoms. The van der Waals surface area contributed by atoms with Crippen molar-refractivity contribution in [2.24, 2.45) is 5.92 Å². The summed E-state index contributed by atoms with van der Waals surface area (Å²) >= 11 is 0. The van der Waals surface area contributed by atoms with Crippen molar-refractivity contribution in [2.75, 3.05) is 27.2 Å². The second-order valence-corrected chi connectivity index (χ2v) is 5.25. The van der Waals surface area contributed by atoms with Crippen LogP contribution in [0.4, 0.5) is 0 Å². The first-order chi connectivity index (χ1) is 8.50. The molecule has 1 atom stereocenters. The summed E-state index contributed by atoms with van der Waals surface area (Å²) in [4.78, 5) is 24.8. The predicted octanol–water partition coefficient (Wildman–Crippen LogP) is 0.359. The molecular formula is C13H25N3O2. The standard InChI is InChI=1S/C13H25N3O2/c1-10(13(18)16(2)3)15-12(17)5-4-11-6-8-14-9-7-11/h10-11,14H,4-9H2,1-3H3,(H,15,17). The maximum atomic E-state index is 11.7. The Morgan fingerprint density at radius 2 is 1.94 bits per heavy atom. The highest BCUT2D eigenvalue weighted by Gasteiger charge is 2.18. The maximum absolute atomic E-state index is 11.7. The molecular weight excluding hydrogens is 230 g/mol. The van der Waals surface area contributed by atoms with E-state index in [0.29, 0.717) is 12.3 Å². The van der Waals surface area contributed by atoms with Crippen LogP contribution in [0.5, 0.6) is 0 Å². The number of carbonyl (C=O) groups excluding carboxylic acids is 2. The molecule has 5 nitrogen and oxygen atoms in total. The third kappa shape index (κ3) is 5.04. The molecule has 0 aromatic heterocycles. The second-order valence-electron chi connectivity index (χ2n) is 5.25. The molecule has 0 aromatic carbocycles. The minimum Gasteiger partial charge on any atom is -0.347 e. The minimum atomic E-state index is -0.430. The average Bonchev–Trinajstić information content (AvgIpc) is 2.36. The Hall–Kier alpha value is -1.10. The van der Waals surface area contributed by atoms with E-state index in [4.69, 9.17) is 0 Å². The fourth-order valence-corrected chi connectivity index (χ4v) is 2.27. The summed E-state index contributed by atoms with van der Waals surface area (Å²) in [6.07, 6.45) is 3.75. The number of carbonyl (C=O) groups is 2. The Morgan fingerprint density at radius 3 is 2.50 bits per heavy atom. The van der Waals surface area contributed by atoms with Crippen molar-refractivity contribution in [3.05, 3.63) is 0 Å². The summed E-state index contributed by atoms with van der Waals surface area (Å²) in [6, 6.07) is -0.430. The third-order valence-electron chi connectivity index (χ3n) is 3.43. The van der Waals surface area contributed by atoms with Gasteiger partial charge in [0.2, 0.25) is 11.8 Å². The number of nitrogens with zero attached hydrogens (tertiary/aromatic N) is 1. The highest BCUT2D eigenvalue weighted by atomic mass is 16.2. The molecule has 0 spiro atoms. The fourth-order valence-electron chi connectivity index (χ4n) is 2.27. The van der Waals surface area contributed by atoms with Crippen LogP contribution >= 0.6 is 0 Å². The van der Waals surface area contributed by atoms with Crippen LogP contribution in [0.15, 0.2) is 0 Å². The first-order valence-corrected chi connectivity index (χ1v) is 6.72. The lowest BCUT2D eigenvalue weighted by atomic mass is 9.93. The molecule has 0 aromatic rings. The molecule has 1 aliphatic rings.